The third-order valence-corrected chi connectivity index (χ3v) is 4.32. The molecule has 0 spiro atoms. The van der Waals surface area contributed by atoms with Gasteiger partial charge in [-0.1, -0.05) is 32.7 Å². The first kappa shape index (κ1) is 15.0. The van der Waals surface area contributed by atoms with E-state index < -0.39 is 6.04 Å². The molecule has 1 aliphatic rings. The molecule has 2 N–H and O–H groups in total. The van der Waals surface area contributed by atoms with Gasteiger partial charge in [0.1, 0.15) is 0 Å². The minimum absolute atomic E-state index is 0.335. The Kier molecular flexibility index (Phi) is 4.59. The van der Waals surface area contributed by atoms with E-state index in [0.717, 1.165) is 17.3 Å². The van der Waals surface area contributed by atoms with Crippen molar-refractivity contribution in [1.82, 2.24) is 10.1 Å². The summed E-state index contributed by atoms with van der Waals surface area (Å²) in [7, 11) is 0. The lowest BCUT2D eigenvalue weighted by Crippen LogP contribution is -2.27. The lowest BCUT2D eigenvalue weighted by Gasteiger charge is -2.26. The summed E-state index contributed by atoms with van der Waals surface area (Å²) in [4.78, 5) is 4.32. The second kappa shape index (κ2) is 6.44. The molecule has 0 bridgehead atoms. The van der Waals surface area contributed by atoms with Crippen molar-refractivity contribution in [3.63, 3.8) is 0 Å². The van der Waals surface area contributed by atoms with E-state index >= 15 is 0 Å². The molecule has 3 rings (SSSR count). The van der Waals surface area contributed by atoms with E-state index in [2.05, 4.69) is 26.1 Å². The highest BCUT2D eigenvalue weighted by Crippen LogP contribution is 2.30. The van der Waals surface area contributed by atoms with Crippen molar-refractivity contribution in [2.45, 2.75) is 31.4 Å². The summed E-state index contributed by atoms with van der Waals surface area (Å²) >= 11 is 9.54. The van der Waals surface area contributed by atoms with Gasteiger partial charge in [-0.3, -0.25) is 0 Å². The molecule has 1 aliphatic carbocycles. The van der Waals surface area contributed by atoms with Crippen molar-refractivity contribution in [3.8, 4) is 11.5 Å². The number of aromatic nitrogens is 2. The fourth-order valence-electron chi connectivity index (χ4n) is 2.01. The molecule has 1 unspecified atom stereocenters. The number of benzene rings is 1. The number of nitrogens with two attached hydrogens (primary N) is 1. The van der Waals surface area contributed by atoms with Crippen LogP contribution in [0.5, 0.6) is 0 Å². The van der Waals surface area contributed by atoms with E-state index in [4.69, 9.17) is 26.6 Å². The van der Waals surface area contributed by atoms with Gasteiger partial charge in [0, 0.05) is 4.47 Å². The van der Waals surface area contributed by atoms with Gasteiger partial charge >= 0.3 is 0 Å². The summed E-state index contributed by atoms with van der Waals surface area (Å²) in [6, 6.07) is 5.05. The molecule has 0 radical (unpaired) electrons. The Morgan fingerprint density at radius 2 is 2.29 bits per heavy atom. The number of hydrogen-bond donors (Lipinski definition) is 1. The molecular formula is C14H15BrClN3O2. The molecular weight excluding hydrogens is 358 g/mol. The highest BCUT2D eigenvalue weighted by atomic mass is 79.9. The summed E-state index contributed by atoms with van der Waals surface area (Å²) in [6.45, 7) is 0.399. The van der Waals surface area contributed by atoms with Crippen LogP contribution in [0.3, 0.4) is 0 Å². The molecule has 0 amide bonds. The Morgan fingerprint density at radius 1 is 1.48 bits per heavy atom. The van der Waals surface area contributed by atoms with Gasteiger partial charge in [0.25, 0.3) is 5.89 Å². The molecule has 7 heteroatoms. The molecule has 21 heavy (non-hydrogen) atoms. The zero-order valence-corrected chi connectivity index (χ0v) is 13.6. The van der Waals surface area contributed by atoms with Crippen LogP contribution in [-0.4, -0.2) is 22.9 Å². The van der Waals surface area contributed by atoms with Gasteiger partial charge in [0.2, 0.25) is 0 Å². The molecule has 0 saturated heterocycles. The Labute approximate surface area is 135 Å². The summed E-state index contributed by atoms with van der Waals surface area (Å²) in [5, 5.41) is 4.47. The number of ether oxygens (including phenoxy) is 1. The lowest BCUT2D eigenvalue weighted by atomic mass is 9.96. The van der Waals surface area contributed by atoms with E-state index in [-0.39, 0.29) is 0 Å². The highest BCUT2D eigenvalue weighted by molar-refractivity contribution is 9.10. The zero-order chi connectivity index (χ0) is 14.8. The fraction of sp³-hybridized carbons (Fsp3) is 0.429. The maximum absolute atomic E-state index is 6.14. The first-order valence-electron chi connectivity index (χ1n) is 6.79. The maximum atomic E-state index is 6.14. The molecule has 1 saturated carbocycles. The van der Waals surface area contributed by atoms with Crippen LogP contribution >= 0.6 is 27.5 Å². The van der Waals surface area contributed by atoms with E-state index in [1.54, 1.807) is 6.07 Å². The predicted molar refractivity (Wildman–Crippen MR) is 83.0 cm³/mol. The molecule has 5 nitrogen and oxygen atoms in total. The minimum Gasteiger partial charge on any atom is -0.376 e. The average molecular weight is 373 g/mol. The van der Waals surface area contributed by atoms with Gasteiger partial charge in [0.05, 0.1) is 29.3 Å². The number of halogens is 2. The van der Waals surface area contributed by atoms with Crippen molar-refractivity contribution in [3.05, 3.63) is 33.5 Å². The van der Waals surface area contributed by atoms with E-state index in [0.29, 0.717) is 35.0 Å². The maximum Gasteiger partial charge on any atom is 0.259 e. The predicted octanol–water partition coefficient (Wildman–Crippen LogP) is 3.72. The van der Waals surface area contributed by atoms with Crippen LogP contribution in [0.25, 0.3) is 11.5 Å². The highest BCUT2D eigenvalue weighted by Gasteiger charge is 2.22. The molecule has 112 valence electrons. The number of rotatable bonds is 5. The largest absolute Gasteiger partial charge is 0.376 e. The van der Waals surface area contributed by atoms with E-state index in [1.807, 2.05) is 12.1 Å². The van der Waals surface area contributed by atoms with Crippen molar-refractivity contribution in [2.24, 2.45) is 5.73 Å². The molecule has 0 aliphatic heterocycles. The third kappa shape index (κ3) is 3.45. The zero-order valence-electron chi connectivity index (χ0n) is 11.3. The molecule has 2 aromatic rings. The first-order chi connectivity index (χ1) is 10.1. The van der Waals surface area contributed by atoms with Crippen molar-refractivity contribution >= 4 is 27.5 Å². The summed E-state index contributed by atoms with van der Waals surface area (Å²) < 4.78 is 11.8. The fourth-order valence-corrected chi connectivity index (χ4v) is 2.57. The summed E-state index contributed by atoms with van der Waals surface area (Å²) in [5.41, 5.74) is 6.71. The Hall–Kier alpha value is -0.950. The van der Waals surface area contributed by atoms with Gasteiger partial charge in [-0.05, 0) is 37.5 Å². The Morgan fingerprint density at radius 3 is 3.00 bits per heavy atom. The van der Waals surface area contributed by atoms with E-state index in [9.17, 15) is 0 Å². The van der Waals surface area contributed by atoms with Gasteiger partial charge in [-0.15, -0.1) is 0 Å². The van der Waals surface area contributed by atoms with Crippen molar-refractivity contribution in [2.75, 3.05) is 6.61 Å². The smallest absolute Gasteiger partial charge is 0.259 e. The quantitative estimate of drug-likeness (QED) is 0.866. The SMILES string of the molecule is NC(COC1CCC1)c1noc(-c2cc(Br)ccc2Cl)n1. The Balaban J connectivity index is 1.71. The number of nitrogens with zero attached hydrogens (tertiary/aromatic N) is 2. The second-order valence-corrected chi connectivity index (χ2v) is 6.40. The lowest BCUT2D eigenvalue weighted by molar-refractivity contribution is -0.00549. The van der Waals surface area contributed by atoms with Crippen LogP contribution in [-0.2, 0) is 4.74 Å². The number of hydrogen-bond acceptors (Lipinski definition) is 5. The topological polar surface area (TPSA) is 74.2 Å². The Bertz CT molecular complexity index is 630. The van der Waals surface area contributed by atoms with Crippen LogP contribution in [0.4, 0.5) is 0 Å². The standard InChI is InChI=1S/C14H15BrClN3O2/c15-8-4-5-11(16)10(6-8)14-18-13(19-21-14)12(17)7-20-9-2-1-3-9/h4-6,9,12H,1-3,7,17H2. The summed E-state index contributed by atoms with van der Waals surface area (Å²) in [5.74, 6) is 0.788. The van der Waals surface area contributed by atoms with Gasteiger partial charge in [-0.2, -0.15) is 4.98 Å². The molecule has 1 aromatic carbocycles. The third-order valence-electron chi connectivity index (χ3n) is 3.50. The van der Waals surface area contributed by atoms with Gasteiger partial charge in [0.15, 0.2) is 5.82 Å². The first-order valence-corrected chi connectivity index (χ1v) is 7.97. The van der Waals surface area contributed by atoms with Crippen LogP contribution in [0.1, 0.15) is 31.1 Å². The van der Waals surface area contributed by atoms with Crippen LogP contribution in [0, 0.1) is 0 Å². The van der Waals surface area contributed by atoms with Gasteiger partial charge < -0.3 is 15.0 Å². The van der Waals surface area contributed by atoms with Crippen LogP contribution < -0.4 is 5.73 Å². The van der Waals surface area contributed by atoms with Gasteiger partial charge in [-0.25, -0.2) is 0 Å². The van der Waals surface area contributed by atoms with Crippen molar-refractivity contribution < 1.29 is 9.26 Å². The molecule has 1 fully saturated rings. The molecule has 1 heterocycles. The minimum atomic E-state index is -0.394. The van der Waals surface area contributed by atoms with E-state index in [1.165, 1.54) is 6.42 Å². The van der Waals surface area contributed by atoms with Crippen LogP contribution in [0.15, 0.2) is 27.2 Å². The second-order valence-electron chi connectivity index (χ2n) is 5.07. The normalized spacial score (nSPS) is 16.7. The average Bonchev–Trinajstić information content (AvgIpc) is 2.89. The van der Waals surface area contributed by atoms with Crippen LogP contribution in [0.2, 0.25) is 5.02 Å². The monoisotopic (exact) mass is 371 g/mol. The van der Waals surface area contributed by atoms with Crippen molar-refractivity contribution in [1.29, 1.82) is 0 Å². The molecule has 1 aromatic heterocycles. The summed E-state index contributed by atoms with van der Waals surface area (Å²) in [6.07, 6.45) is 3.78. The molecule has 1 atom stereocenters.